The molecule has 2 heterocycles. The van der Waals surface area contributed by atoms with E-state index >= 15 is 0 Å². The molecule has 0 unspecified atom stereocenters. The number of amides is 3. The van der Waals surface area contributed by atoms with E-state index in [1.54, 1.807) is 22.1 Å². The summed E-state index contributed by atoms with van der Waals surface area (Å²) >= 11 is 0. The molecule has 0 aliphatic carbocycles. The summed E-state index contributed by atoms with van der Waals surface area (Å²) in [6, 6.07) is 11.8. The second kappa shape index (κ2) is 8.75. The van der Waals surface area contributed by atoms with E-state index in [0.29, 0.717) is 39.0 Å². The predicted molar refractivity (Wildman–Crippen MR) is 103 cm³/mol. The number of furan rings is 1. The monoisotopic (exact) mass is 369 g/mol. The second-order valence-electron chi connectivity index (χ2n) is 7.18. The Morgan fingerprint density at radius 1 is 1.19 bits per heavy atom. The van der Waals surface area contributed by atoms with Crippen LogP contribution in [0.4, 0.5) is 4.79 Å². The lowest BCUT2D eigenvalue weighted by Gasteiger charge is -2.33. The van der Waals surface area contributed by atoms with Crippen LogP contribution in [0.25, 0.3) is 0 Å². The van der Waals surface area contributed by atoms with E-state index in [2.05, 4.69) is 36.5 Å². The van der Waals surface area contributed by atoms with Gasteiger partial charge in [-0.1, -0.05) is 29.8 Å². The topological polar surface area (TPSA) is 65.8 Å². The molecule has 0 bridgehead atoms. The third-order valence-corrected chi connectivity index (χ3v) is 5.04. The van der Waals surface area contributed by atoms with Crippen molar-refractivity contribution in [1.82, 2.24) is 15.1 Å². The lowest BCUT2D eigenvalue weighted by Crippen LogP contribution is -2.46. The Labute approximate surface area is 160 Å². The summed E-state index contributed by atoms with van der Waals surface area (Å²) in [5, 5.41) is 2.86. The van der Waals surface area contributed by atoms with Gasteiger partial charge in [0.15, 0.2) is 0 Å². The fourth-order valence-corrected chi connectivity index (χ4v) is 3.37. The van der Waals surface area contributed by atoms with Gasteiger partial charge in [-0.2, -0.15) is 0 Å². The van der Waals surface area contributed by atoms with Crippen molar-refractivity contribution in [2.75, 3.05) is 20.1 Å². The fraction of sp³-hybridized carbons (Fsp3) is 0.429. The van der Waals surface area contributed by atoms with E-state index in [4.69, 9.17) is 4.42 Å². The van der Waals surface area contributed by atoms with Crippen LogP contribution in [0.15, 0.2) is 47.1 Å². The van der Waals surface area contributed by atoms with Crippen molar-refractivity contribution >= 4 is 11.9 Å². The molecule has 6 nitrogen and oxygen atoms in total. The van der Waals surface area contributed by atoms with Gasteiger partial charge in [-0.15, -0.1) is 0 Å². The largest absolute Gasteiger partial charge is 0.467 e. The van der Waals surface area contributed by atoms with Crippen molar-refractivity contribution in [3.8, 4) is 0 Å². The molecule has 0 radical (unpaired) electrons. The molecule has 1 aromatic carbocycles. The van der Waals surface area contributed by atoms with Crippen molar-refractivity contribution in [3.63, 3.8) is 0 Å². The Hall–Kier alpha value is -2.76. The number of piperidine rings is 1. The minimum Gasteiger partial charge on any atom is -0.467 e. The maximum atomic E-state index is 12.7. The molecule has 1 aliphatic heterocycles. The van der Waals surface area contributed by atoms with Crippen LogP contribution in [-0.4, -0.2) is 41.9 Å². The number of urea groups is 1. The number of carbonyl (C=O) groups is 2. The first-order chi connectivity index (χ1) is 13.0. The number of hydrogen-bond acceptors (Lipinski definition) is 3. The summed E-state index contributed by atoms with van der Waals surface area (Å²) in [6.07, 6.45) is 2.99. The average Bonchev–Trinajstić information content (AvgIpc) is 3.21. The predicted octanol–water partition coefficient (Wildman–Crippen LogP) is 3.17. The van der Waals surface area contributed by atoms with Crippen molar-refractivity contribution < 1.29 is 14.0 Å². The number of nitrogens with one attached hydrogen (secondary N) is 1. The van der Waals surface area contributed by atoms with Gasteiger partial charge in [-0.25, -0.2) is 4.79 Å². The van der Waals surface area contributed by atoms with Gasteiger partial charge in [0.1, 0.15) is 5.76 Å². The Balaban J connectivity index is 1.44. The lowest BCUT2D eigenvalue weighted by molar-refractivity contribution is -0.136. The van der Waals surface area contributed by atoms with E-state index < -0.39 is 0 Å². The molecule has 6 heteroatoms. The molecule has 0 saturated carbocycles. The van der Waals surface area contributed by atoms with E-state index in [1.807, 2.05) is 13.1 Å². The molecule has 1 N–H and O–H groups in total. The maximum absolute atomic E-state index is 12.7. The molecule has 27 heavy (non-hydrogen) atoms. The smallest absolute Gasteiger partial charge is 0.317 e. The highest BCUT2D eigenvalue weighted by Crippen LogP contribution is 2.20. The number of nitrogens with zero attached hydrogens (tertiary/aromatic N) is 2. The molecule has 1 fully saturated rings. The van der Waals surface area contributed by atoms with Crippen LogP contribution in [0.5, 0.6) is 0 Å². The van der Waals surface area contributed by atoms with Gasteiger partial charge in [0.2, 0.25) is 5.91 Å². The van der Waals surface area contributed by atoms with Gasteiger partial charge in [0, 0.05) is 32.6 Å². The number of aryl methyl sites for hydroxylation is 1. The average molecular weight is 369 g/mol. The molecule has 3 rings (SSSR count). The zero-order valence-electron chi connectivity index (χ0n) is 16.0. The first-order valence-electron chi connectivity index (χ1n) is 9.38. The highest BCUT2D eigenvalue weighted by molar-refractivity contribution is 5.79. The minimum absolute atomic E-state index is 0.0189. The summed E-state index contributed by atoms with van der Waals surface area (Å²) in [7, 11) is 1.85. The van der Waals surface area contributed by atoms with Gasteiger partial charge in [-0.3, -0.25) is 4.79 Å². The van der Waals surface area contributed by atoms with Crippen molar-refractivity contribution in [2.24, 2.45) is 5.92 Å². The van der Waals surface area contributed by atoms with Crippen LogP contribution in [-0.2, 0) is 17.9 Å². The molecule has 1 aromatic heterocycles. The molecule has 3 amide bonds. The minimum atomic E-state index is -0.106. The zero-order valence-corrected chi connectivity index (χ0v) is 16.0. The summed E-state index contributed by atoms with van der Waals surface area (Å²) in [5.41, 5.74) is 2.34. The van der Waals surface area contributed by atoms with E-state index in [1.165, 1.54) is 5.56 Å². The first kappa shape index (κ1) is 19.0. The van der Waals surface area contributed by atoms with Gasteiger partial charge in [-0.05, 0) is 37.5 Å². The molecule has 2 aromatic rings. The van der Waals surface area contributed by atoms with Gasteiger partial charge < -0.3 is 19.5 Å². The van der Waals surface area contributed by atoms with Gasteiger partial charge >= 0.3 is 6.03 Å². The third-order valence-electron chi connectivity index (χ3n) is 5.04. The van der Waals surface area contributed by atoms with Crippen LogP contribution in [0.1, 0.15) is 29.7 Å². The SMILES string of the molecule is Cc1ccc(CN(C)C(=O)C2CCN(C(=O)NCc3ccco3)CC2)cc1. The van der Waals surface area contributed by atoms with E-state index in [0.717, 1.165) is 11.3 Å². The molecule has 1 saturated heterocycles. The van der Waals surface area contributed by atoms with Crippen LogP contribution in [0.3, 0.4) is 0 Å². The van der Waals surface area contributed by atoms with Gasteiger partial charge in [0.05, 0.1) is 12.8 Å². The standard InChI is InChI=1S/C21H27N3O3/c1-16-5-7-17(8-6-16)15-23(2)20(25)18-9-11-24(12-10-18)21(26)22-14-19-4-3-13-27-19/h3-8,13,18H,9-12,14-15H2,1-2H3,(H,22,26). The molecular formula is C21H27N3O3. The van der Waals surface area contributed by atoms with Crippen LogP contribution >= 0.6 is 0 Å². The van der Waals surface area contributed by atoms with Crippen molar-refractivity contribution in [1.29, 1.82) is 0 Å². The van der Waals surface area contributed by atoms with Crippen LogP contribution in [0.2, 0.25) is 0 Å². The second-order valence-corrected chi connectivity index (χ2v) is 7.18. The number of carbonyl (C=O) groups excluding carboxylic acids is 2. The molecule has 144 valence electrons. The summed E-state index contributed by atoms with van der Waals surface area (Å²) < 4.78 is 5.22. The Kier molecular flexibility index (Phi) is 6.16. The molecule has 1 aliphatic rings. The molecule has 0 atom stereocenters. The molecular weight excluding hydrogens is 342 g/mol. The third kappa shape index (κ3) is 5.12. The number of likely N-dealkylation sites (tertiary alicyclic amines) is 1. The highest BCUT2D eigenvalue weighted by atomic mass is 16.3. The van der Waals surface area contributed by atoms with Crippen molar-refractivity contribution in [3.05, 3.63) is 59.5 Å². The molecule has 0 spiro atoms. The summed E-state index contributed by atoms with van der Waals surface area (Å²) in [6.45, 7) is 4.24. The number of benzene rings is 1. The quantitative estimate of drug-likeness (QED) is 0.880. The van der Waals surface area contributed by atoms with E-state index in [-0.39, 0.29) is 17.9 Å². The number of rotatable bonds is 5. The van der Waals surface area contributed by atoms with Gasteiger partial charge in [0.25, 0.3) is 0 Å². The Morgan fingerprint density at radius 2 is 1.89 bits per heavy atom. The first-order valence-corrected chi connectivity index (χ1v) is 9.38. The fourth-order valence-electron chi connectivity index (χ4n) is 3.37. The highest BCUT2D eigenvalue weighted by Gasteiger charge is 2.29. The number of hydrogen-bond donors (Lipinski definition) is 1. The maximum Gasteiger partial charge on any atom is 0.317 e. The Morgan fingerprint density at radius 3 is 2.52 bits per heavy atom. The normalized spacial score (nSPS) is 14.8. The Bertz CT molecular complexity index is 747. The van der Waals surface area contributed by atoms with Crippen molar-refractivity contribution in [2.45, 2.75) is 32.9 Å². The van der Waals surface area contributed by atoms with Crippen LogP contribution < -0.4 is 5.32 Å². The van der Waals surface area contributed by atoms with Crippen LogP contribution in [0, 0.1) is 12.8 Å². The summed E-state index contributed by atoms with van der Waals surface area (Å²) in [5.74, 6) is 0.868. The zero-order chi connectivity index (χ0) is 19.2. The lowest BCUT2D eigenvalue weighted by atomic mass is 9.95. The summed E-state index contributed by atoms with van der Waals surface area (Å²) in [4.78, 5) is 28.5. The van der Waals surface area contributed by atoms with E-state index in [9.17, 15) is 9.59 Å².